The summed E-state index contributed by atoms with van der Waals surface area (Å²) in [4.78, 5) is 16.8. The summed E-state index contributed by atoms with van der Waals surface area (Å²) in [6.45, 7) is 10.1. The van der Waals surface area contributed by atoms with Gasteiger partial charge in [0, 0.05) is 48.2 Å². The molecule has 0 unspecified atom stereocenters. The molecule has 10 heteroatoms. The first-order chi connectivity index (χ1) is 16.2. The zero-order valence-corrected chi connectivity index (χ0v) is 22.9. The normalized spacial score (nSPS) is 15.3. The van der Waals surface area contributed by atoms with E-state index in [4.69, 9.17) is 4.74 Å². The predicted octanol–water partition coefficient (Wildman–Crippen LogP) is 4.09. The van der Waals surface area contributed by atoms with Gasteiger partial charge in [-0.05, 0) is 54.8 Å². The second-order valence-corrected chi connectivity index (χ2v) is 12.1. The van der Waals surface area contributed by atoms with Gasteiger partial charge in [-0.25, -0.2) is 4.39 Å². The number of amides is 1. The Labute approximate surface area is 215 Å². The van der Waals surface area contributed by atoms with E-state index in [1.807, 2.05) is 13.0 Å². The molecule has 0 radical (unpaired) electrons. The lowest BCUT2D eigenvalue weighted by atomic mass is 9.86. The molecule has 1 heterocycles. The van der Waals surface area contributed by atoms with Gasteiger partial charge in [-0.2, -0.15) is 8.42 Å². The van der Waals surface area contributed by atoms with Crippen molar-refractivity contribution < 1.29 is 26.9 Å². The minimum atomic E-state index is -4.21. The van der Waals surface area contributed by atoms with E-state index >= 15 is 0 Å². The number of halogens is 2. The van der Waals surface area contributed by atoms with E-state index in [0.29, 0.717) is 49.6 Å². The highest BCUT2D eigenvalue weighted by molar-refractivity contribution is 9.10. The lowest BCUT2D eigenvalue weighted by Gasteiger charge is -2.35. The molecule has 35 heavy (non-hydrogen) atoms. The number of carbonyl (C=O) groups excluding carboxylic acids is 1. The zero-order chi connectivity index (χ0) is 26.0. The Balaban J connectivity index is 1.59. The van der Waals surface area contributed by atoms with Crippen LogP contribution in [0.25, 0.3) is 0 Å². The molecule has 1 aliphatic rings. The summed E-state index contributed by atoms with van der Waals surface area (Å²) in [5, 5.41) is 0. The third-order valence-electron chi connectivity index (χ3n) is 6.30. The first-order valence-corrected chi connectivity index (χ1v) is 13.8. The van der Waals surface area contributed by atoms with Crippen LogP contribution in [-0.4, -0.2) is 67.2 Å². The molecule has 1 fully saturated rings. The summed E-state index contributed by atoms with van der Waals surface area (Å²) >= 11 is 3.39. The lowest BCUT2D eigenvalue weighted by Crippen LogP contribution is -2.49. The zero-order valence-electron chi connectivity index (χ0n) is 20.5. The van der Waals surface area contributed by atoms with Gasteiger partial charge in [-0.15, -0.1) is 0 Å². The molecule has 0 aliphatic carbocycles. The van der Waals surface area contributed by atoms with E-state index in [1.54, 1.807) is 49.9 Å². The summed E-state index contributed by atoms with van der Waals surface area (Å²) in [6, 6.07) is 8.63. The molecule has 0 aromatic heterocycles. The van der Waals surface area contributed by atoms with Crippen LogP contribution in [0.3, 0.4) is 0 Å². The van der Waals surface area contributed by atoms with Crippen LogP contribution in [0.15, 0.2) is 34.8 Å². The van der Waals surface area contributed by atoms with Crippen LogP contribution in [0.2, 0.25) is 0 Å². The SMILES string of the molecule is Cc1cc(CN2CCN(C(=O)COc3ccc(Br)cc3C(C)(C)CS(=O)(=O)O)CC2)c(C)cc1F. The van der Waals surface area contributed by atoms with Crippen LogP contribution < -0.4 is 4.74 Å². The van der Waals surface area contributed by atoms with Gasteiger partial charge in [0.15, 0.2) is 6.61 Å². The van der Waals surface area contributed by atoms with Gasteiger partial charge in [-0.1, -0.05) is 35.8 Å². The van der Waals surface area contributed by atoms with Crippen molar-refractivity contribution in [2.24, 2.45) is 0 Å². The highest BCUT2D eigenvalue weighted by Crippen LogP contribution is 2.35. The smallest absolute Gasteiger partial charge is 0.265 e. The van der Waals surface area contributed by atoms with Crippen molar-refractivity contribution in [1.82, 2.24) is 9.80 Å². The molecule has 1 N–H and O–H groups in total. The predicted molar refractivity (Wildman–Crippen MR) is 137 cm³/mol. The summed E-state index contributed by atoms with van der Waals surface area (Å²) in [5.41, 5.74) is 2.28. The van der Waals surface area contributed by atoms with Crippen LogP contribution in [0.4, 0.5) is 4.39 Å². The van der Waals surface area contributed by atoms with Gasteiger partial charge < -0.3 is 9.64 Å². The van der Waals surface area contributed by atoms with E-state index in [-0.39, 0.29) is 18.3 Å². The van der Waals surface area contributed by atoms with E-state index in [2.05, 4.69) is 20.8 Å². The minimum Gasteiger partial charge on any atom is -0.483 e. The maximum Gasteiger partial charge on any atom is 0.265 e. The monoisotopic (exact) mass is 570 g/mol. The summed E-state index contributed by atoms with van der Waals surface area (Å²) in [5.74, 6) is -0.427. The van der Waals surface area contributed by atoms with Crippen molar-refractivity contribution in [3.05, 3.63) is 62.9 Å². The fourth-order valence-electron chi connectivity index (χ4n) is 4.33. The Kier molecular flexibility index (Phi) is 8.62. The second kappa shape index (κ2) is 10.9. The summed E-state index contributed by atoms with van der Waals surface area (Å²) in [7, 11) is -4.21. The number of nitrogens with zero attached hydrogens (tertiary/aromatic N) is 2. The molecule has 2 aromatic carbocycles. The van der Waals surface area contributed by atoms with E-state index in [9.17, 15) is 22.2 Å². The van der Waals surface area contributed by atoms with Gasteiger partial charge in [0.25, 0.3) is 16.0 Å². The van der Waals surface area contributed by atoms with Crippen molar-refractivity contribution in [2.45, 2.75) is 39.7 Å². The molecule has 0 atom stereocenters. The van der Waals surface area contributed by atoms with Crippen LogP contribution in [-0.2, 0) is 26.9 Å². The van der Waals surface area contributed by atoms with E-state index in [0.717, 1.165) is 15.6 Å². The highest BCUT2D eigenvalue weighted by atomic mass is 79.9. The molecule has 0 spiro atoms. The fraction of sp³-hybridized carbons (Fsp3) is 0.480. The van der Waals surface area contributed by atoms with Gasteiger partial charge in [-0.3, -0.25) is 14.2 Å². The Bertz CT molecular complexity index is 1190. The molecule has 2 aromatic rings. The topological polar surface area (TPSA) is 87.2 Å². The number of piperazine rings is 1. The van der Waals surface area contributed by atoms with Crippen molar-refractivity contribution in [3.63, 3.8) is 0 Å². The first-order valence-electron chi connectivity index (χ1n) is 11.4. The number of aryl methyl sites for hydroxylation is 2. The van der Waals surface area contributed by atoms with Crippen LogP contribution in [0, 0.1) is 19.7 Å². The molecule has 3 rings (SSSR count). The number of carbonyl (C=O) groups is 1. The van der Waals surface area contributed by atoms with Crippen molar-refractivity contribution in [1.29, 1.82) is 0 Å². The lowest BCUT2D eigenvalue weighted by molar-refractivity contribution is -0.135. The van der Waals surface area contributed by atoms with E-state index < -0.39 is 21.3 Å². The summed E-state index contributed by atoms with van der Waals surface area (Å²) in [6.07, 6.45) is 0. The van der Waals surface area contributed by atoms with Gasteiger partial charge in [0.1, 0.15) is 11.6 Å². The molecule has 192 valence electrons. The molecular weight excluding hydrogens is 539 g/mol. The van der Waals surface area contributed by atoms with Gasteiger partial charge >= 0.3 is 0 Å². The molecule has 7 nitrogen and oxygen atoms in total. The summed E-state index contributed by atoms with van der Waals surface area (Å²) < 4.78 is 52.7. The molecule has 1 aliphatic heterocycles. The molecular formula is C25H32BrFN2O5S. The molecule has 0 bridgehead atoms. The number of hydrogen-bond acceptors (Lipinski definition) is 5. The Morgan fingerprint density at radius 1 is 1.11 bits per heavy atom. The maximum atomic E-state index is 13.7. The molecule has 0 saturated carbocycles. The maximum absolute atomic E-state index is 13.7. The van der Waals surface area contributed by atoms with Crippen molar-refractivity contribution in [3.8, 4) is 5.75 Å². The first kappa shape index (κ1) is 27.6. The standard InChI is InChI=1S/C25H32BrFN2O5S/c1-17-12-22(27)18(2)11-19(17)14-28-7-9-29(10-8-28)24(30)15-34-23-6-5-20(26)13-21(23)25(3,4)16-35(31,32)33/h5-6,11-13H,7-10,14-16H2,1-4H3,(H,31,32,33). The Morgan fingerprint density at radius 2 is 1.77 bits per heavy atom. The van der Waals surface area contributed by atoms with Crippen molar-refractivity contribution in [2.75, 3.05) is 38.5 Å². The average molecular weight is 572 g/mol. The molecule has 1 amide bonds. The third kappa shape index (κ3) is 7.49. The van der Waals surface area contributed by atoms with Crippen molar-refractivity contribution >= 4 is 32.0 Å². The highest BCUT2D eigenvalue weighted by Gasteiger charge is 2.31. The number of hydrogen-bond donors (Lipinski definition) is 1. The Hall–Kier alpha value is -2.01. The Morgan fingerprint density at radius 3 is 2.40 bits per heavy atom. The van der Waals surface area contributed by atoms with Crippen LogP contribution >= 0.6 is 15.9 Å². The fourth-order valence-corrected chi connectivity index (χ4v) is 5.76. The number of rotatable bonds is 8. The minimum absolute atomic E-state index is 0.153. The van der Waals surface area contributed by atoms with Gasteiger partial charge in [0.05, 0.1) is 5.75 Å². The number of ether oxygens (including phenoxy) is 1. The second-order valence-electron chi connectivity index (χ2n) is 9.72. The largest absolute Gasteiger partial charge is 0.483 e. The third-order valence-corrected chi connectivity index (χ3v) is 7.88. The quantitative estimate of drug-likeness (QED) is 0.481. The van der Waals surface area contributed by atoms with Crippen LogP contribution in [0.5, 0.6) is 5.75 Å². The number of benzene rings is 2. The molecule has 1 saturated heterocycles. The van der Waals surface area contributed by atoms with E-state index in [1.165, 1.54) is 0 Å². The average Bonchev–Trinajstić information content (AvgIpc) is 2.75. The van der Waals surface area contributed by atoms with Crippen LogP contribution in [0.1, 0.15) is 36.1 Å². The van der Waals surface area contributed by atoms with Gasteiger partial charge in [0.2, 0.25) is 0 Å².